The topological polar surface area (TPSA) is 27.7 Å². The standard InChI is InChI=1S/C5H12O3Si.C3H8Si/c1-5-9(6-2,7-3)8-4;1-2-3-4/h5H,1H2,2-4H3;2H,1,3H2,4H3. The average molecular weight is 220 g/mol. The maximum absolute atomic E-state index is 4.96. The van der Waals surface area contributed by atoms with E-state index in [9.17, 15) is 0 Å². The van der Waals surface area contributed by atoms with E-state index in [4.69, 9.17) is 13.3 Å². The minimum absolute atomic E-state index is 1.22. The van der Waals surface area contributed by atoms with Crippen LogP contribution in [0.2, 0.25) is 6.04 Å². The number of hydrogen-bond acceptors (Lipinski definition) is 3. The van der Waals surface area contributed by atoms with Gasteiger partial charge in [0.15, 0.2) is 0 Å². The van der Waals surface area contributed by atoms with Crippen LogP contribution in [-0.2, 0) is 13.3 Å². The van der Waals surface area contributed by atoms with Gasteiger partial charge in [-0.05, 0) is 11.7 Å². The van der Waals surface area contributed by atoms with E-state index in [1.165, 1.54) is 16.3 Å². The maximum atomic E-state index is 4.96. The lowest BCUT2D eigenvalue weighted by Crippen LogP contribution is -2.40. The third-order valence-corrected chi connectivity index (χ3v) is 4.18. The Balaban J connectivity index is 0. The van der Waals surface area contributed by atoms with Gasteiger partial charge in [-0.3, -0.25) is 0 Å². The van der Waals surface area contributed by atoms with Crippen LogP contribution in [0.5, 0.6) is 0 Å². The summed E-state index contributed by atoms with van der Waals surface area (Å²) in [5.41, 5.74) is 1.58. The summed E-state index contributed by atoms with van der Waals surface area (Å²) in [6, 6.07) is 1.22. The third-order valence-electron chi connectivity index (χ3n) is 1.39. The predicted molar refractivity (Wildman–Crippen MR) is 61.9 cm³/mol. The highest BCUT2D eigenvalue weighted by Gasteiger charge is 2.33. The van der Waals surface area contributed by atoms with Gasteiger partial charge in [0, 0.05) is 31.6 Å². The van der Waals surface area contributed by atoms with Crippen molar-refractivity contribution in [3.8, 4) is 0 Å². The van der Waals surface area contributed by atoms with Gasteiger partial charge in [-0.25, -0.2) is 0 Å². The van der Waals surface area contributed by atoms with Crippen LogP contribution in [0.15, 0.2) is 24.9 Å². The quantitative estimate of drug-likeness (QED) is 0.500. The first-order valence-electron chi connectivity index (χ1n) is 4.06. The van der Waals surface area contributed by atoms with Crippen molar-refractivity contribution in [2.45, 2.75) is 6.04 Å². The van der Waals surface area contributed by atoms with Gasteiger partial charge in [0.25, 0.3) is 0 Å². The molecule has 0 atom stereocenters. The monoisotopic (exact) mass is 220 g/mol. The molecular weight excluding hydrogens is 200 g/mol. The Morgan fingerprint density at radius 1 is 1.15 bits per heavy atom. The number of allylic oxidation sites excluding steroid dienone is 1. The lowest BCUT2D eigenvalue weighted by molar-refractivity contribution is 0.138. The highest BCUT2D eigenvalue weighted by molar-refractivity contribution is 6.66. The lowest BCUT2D eigenvalue weighted by Gasteiger charge is -2.19. The Kier molecular flexibility index (Phi) is 11.6. The molecule has 13 heavy (non-hydrogen) atoms. The molecule has 0 heterocycles. The molecule has 5 heteroatoms. The molecule has 0 aromatic carbocycles. The molecule has 3 nitrogen and oxygen atoms in total. The lowest BCUT2D eigenvalue weighted by atomic mass is 10.8. The van der Waals surface area contributed by atoms with Crippen molar-refractivity contribution >= 4 is 19.0 Å². The molecule has 0 radical (unpaired) electrons. The van der Waals surface area contributed by atoms with Crippen molar-refractivity contribution in [3.05, 3.63) is 24.9 Å². The van der Waals surface area contributed by atoms with E-state index in [1.807, 2.05) is 6.08 Å². The van der Waals surface area contributed by atoms with Crippen LogP contribution in [0.3, 0.4) is 0 Å². The van der Waals surface area contributed by atoms with Gasteiger partial charge in [0.05, 0.1) is 0 Å². The smallest absolute Gasteiger partial charge is 0.374 e. The second-order valence-electron chi connectivity index (χ2n) is 2.12. The van der Waals surface area contributed by atoms with Crippen LogP contribution in [0.1, 0.15) is 0 Å². The molecule has 78 valence electrons. The van der Waals surface area contributed by atoms with Crippen molar-refractivity contribution in [1.29, 1.82) is 0 Å². The minimum Gasteiger partial charge on any atom is -0.374 e. The van der Waals surface area contributed by atoms with Crippen molar-refractivity contribution in [3.63, 3.8) is 0 Å². The Bertz CT molecular complexity index is 127. The summed E-state index contributed by atoms with van der Waals surface area (Å²) in [7, 11) is 3.47. The van der Waals surface area contributed by atoms with Gasteiger partial charge >= 0.3 is 8.80 Å². The molecule has 0 rings (SSSR count). The highest BCUT2D eigenvalue weighted by Crippen LogP contribution is 2.04. The molecule has 0 aliphatic rings. The van der Waals surface area contributed by atoms with Gasteiger partial charge < -0.3 is 13.3 Å². The first kappa shape index (κ1) is 15.3. The highest BCUT2D eigenvalue weighted by atomic mass is 28.4. The third kappa shape index (κ3) is 6.91. The van der Waals surface area contributed by atoms with Crippen LogP contribution < -0.4 is 0 Å². The van der Waals surface area contributed by atoms with Crippen LogP contribution in [0.25, 0.3) is 0 Å². The maximum Gasteiger partial charge on any atom is 0.528 e. The fourth-order valence-electron chi connectivity index (χ4n) is 0.500. The van der Waals surface area contributed by atoms with Gasteiger partial charge in [-0.1, -0.05) is 12.7 Å². The molecule has 0 unspecified atom stereocenters. The molecule has 0 amide bonds. The molecule has 0 bridgehead atoms. The number of rotatable bonds is 5. The fraction of sp³-hybridized carbons (Fsp3) is 0.500. The zero-order valence-corrected chi connectivity index (χ0v) is 12.0. The number of hydrogen-bond donors (Lipinski definition) is 0. The van der Waals surface area contributed by atoms with E-state index in [2.05, 4.69) is 13.2 Å². The van der Waals surface area contributed by atoms with E-state index in [0.29, 0.717) is 0 Å². The van der Waals surface area contributed by atoms with Gasteiger partial charge in [-0.15, -0.1) is 6.58 Å². The SMILES string of the molecule is C=CC[SiH3].C=C[Si](OC)(OC)OC. The summed E-state index contributed by atoms with van der Waals surface area (Å²) in [6.45, 7) is 7.05. The van der Waals surface area contributed by atoms with Crippen LogP contribution in [-0.4, -0.2) is 40.4 Å². The Labute approximate surface area is 85.2 Å². The van der Waals surface area contributed by atoms with Crippen molar-refractivity contribution < 1.29 is 13.3 Å². The Morgan fingerprint density at radius 2 is 1.46 bits per heavy atom. The van der Waals surface area contributed by atoms with Crippen molar-refractivity contribution in [2.75, 3.05) is 21.3 Å². The summed E-state index contributed by atoms with van der Waals surface area (Å²) in [5.74, 6) is 0. The van der Waals surface area contributed by atoms with Crippen LogP contribution in [0, 0.1) is 0 Å². The summed E-state index contributed by atoms with van der Waals surface area (Å²) in [6.07, 6.45) is 1.94. The van der Waals surface area contributed by atoms with Crippen molar-refractivity contribution in [1.82, 2.24) is 0 Å². The van der Waals surface area contributed by atoms with Crippen LogP contribution >= 0.6 is 0 Å². The second-order valence-corrected chi connectivity index (χ2v) is 5.77. The molecule has 0 aromatic rings. The summed E-state index contributed by atoms with van der Waals surface area (Å²) in [5, 5.41) is 0. The van der Waals surface area contributed by atoms with E-state index in [-0.39, 0.29) is 0 Å². The zero-order chi connectivity index (χ0) is 10.7. The molecule has 0 saturated carbocycles. The predicted octanol–water partition coefficient (Wildman–Crippen LogP) is 0.546. The van der Waals surface area contributed by atoms with Gasteiger partial charge in [0.1, 0.15) is 0 Å². The summed E-state index contributed by atoms with van der Waals surface area (Å²) in [4.78, 5) is 0. The molecule has 0 aliphatic heterocycles. The Hall–Kier alpha value is -0.206. The average Bonchev–Trinajstić information content (AvgIpc) is 2.23. The van der Waals surface area contributed by atoms with E-state index >= 15 is 0 Å². The van der Waals surface area contributed by atoms with Gasteiger partial charge in [-0.2, -0.15) is 0 Å². The summed E-state index contributed by atoms with van der Waals surface area (Å²) >= 11 is 0. The minimum atomic E-state index is -2.43. The fourth-order valence-corrected chi connectivity index (χ4v) is 1.50. The van der Waals surface area contributed by atoms with E-state index in [0.717, 1.165) is 0 Å². The molecule has 0 spiro atoms. The molecule has 0 aromatic heterocycles. The van der Waals surface area contributed by atoms with Crippen molar-refractivity contribution in [2.24, 2.45) is 0 Å². The zero-order valence-electron chi connectivity index (χ0n) is 9.00. The van der Waals surface area contributed by atoms with E-state index < -0.39 is 8.80 Å². The Morgan fingerprint density at radius 3 is 1.46 bits per heavy atom. The second kappa shape index (κ2) is 9.88. The first-order chi connectivity index (χ1) is 6.16. The molecule has 0 saturated heterocycles. The molecule has 0 aliphatic carbocycles. The van der Waals surface area contributed by atoms with Gasteiger partial charge in [0.2, 0.25) is 0 Å². The molecule has 0 N–H and O–H groups in total. The summed E-state index contributed by atoms with van der Waals surface area (Å²) < 4.78 is 14.9. The van der Waals surface area contributed by atoms with Crippen LogP contribution in [0.4, 0.5) is 0 Å². The first-order valence-corrected chi connectivity index (χ1v) is 7.27. The largest absolute Gasteiger partial charge is 0.528 e. The molecular formula is C8H20O3Si2. The normalized spacial score (nSPS) is 10.1. The van der Waals surface area contributed by atoms with E-state index in [1.54, 1.807) is 27.0 Å². The molecule has 0 fully saturated rings.